The van der Waals surface area contributed by atoms with Crippen molar-refractivity contribution in [1.29, 1.82) is 5.26 Å². The first-order valence-corrected chi connectivity index (χ1v) is 9.75. The number of nitrogens with one attached hydrogen (secondary N) is 2. The van der Waals surface area contributed by atoms with Crippen LogP contribution in [-0.2, 0) is 4.74 Å². The number of nitrogens with zero attached hydrogens (tertiary/aromatic N) is 3. The normalized spacial score (nSPS) is 10.9. The van der Waals surface area contributed by atoms with Crippen molar-refractivity contribution in [1.82, 2.24) is 15.3 Å². The zero-order chi connectivity index (χ0) is 22.2. The van der Waals surface area contributed by atoms with Gasteiger partial charge in [0.05, 0.1) is 17.3 Å². The van der Waals surface area contributed by atoms with Crippen LogP contribution in [0.5, 0.6) is 0 Å². The SMILES string of the molecule is C#Cc1nc(NC(=O)NC(COC(N)=O)c2ccc(-c3ncccc3C#N)cc2)cs1. The lowest BCUT2D eigenvalue weighted by molar-refractivity contribution is 0.144. The lowest BCUT2D eigenvalue weighted by atomic mass is 10.0. The number of aromatic nitrogens is 2. The van der Waals surface area contributed by atoms with Gasteiger partial charge in [-0.2, -0.15) is 5.26 Å². The maximum atomic E-state index is 12.4. The minimum absolute atomic E-state index is 0.179. The molecule has 0 aliphatic heterocycles. The van der Waals surface area contributed by atoms with Crippen LogP contribution in [0.15, 0.2) is 48.0 Å². The molecule has 0 saturated carbocycles. The Morgan fingerprint density at radius 2 is 2.06 bits per heavy atom. The zero-order valence-corrected chi connectivity index (χ0v) is 16.8. The Bertz CT molecular complexity index is 1180. The molecule has 3 rings (SSSR count). The summed E-state index contributed by atoms with van der Waals surface area (Å²) in [5, 5.41) is 16.6. The molecule has 1 unspecified atom stereocenters. The molecule has 0 bridgehead atoms. The second-order valence-electron chi connectivity index (χ2n) is 6.10. The molecule has 0 aliphatic rings. The van der Waals surface area contributed by atoms with Crippen LogP contribution in [0.4, 0.5) is 15.4 Å². The number of hydrogen-bond donors (Lipinski definition) is 3. The number of hydrogen-bond acceptors (Lipinski definition) is 7. The third-order valence-electron chi connectivity index (χ3n) is 4.08. The number of rotatable bonds is 6. The zero-order valence-electron chi connectivity index (χ0n) is 16.0. The standard InChI is InChI=1S/C21H16N6O3S/c1-2-18-26-17(12-31-18)27-21(29)25-16(11-30-20(23)28)13-5-7-14(8-6-13)19-15(10-22)4-3-9-24-19/h1,3-9,12,16H,11H2,(H2,23,28)(H2,25,27,29). The predicted octanol–water partition coefficient (Wildman–Crippen LogP) is 3.02. The summed E-state index contributed by atoms with van der Waals surface area (Å²) < 4.78 is 4.88. The van der Waals surface area contributed by atoms with E-state index in [0.717, 1.165) is 5.56 Å². The van der Waals surface area contributed by atoms with Crippen molar-refractivity contribution in [2.45, 2.75) is 6.04 Å². The van der Waals surface area contributed by atoms with Crippen LogP contribution in [0, 0.1) is 23.7 Å². The van der Waals surface area contributed by atoms with Crippen LogP contribution in [0.25, 0.3) is 11.3 Å². The number of terminal acetylenes is 1. The van der Waals surface area contributed by atoms with E-state index in [1.807, 2.05) is 0 Å². The predicted molar refractivity (Wildman–Crippen MR) is 115 cm³/mol. The Morgan fingerprint density at radius 3 is 2.71 bits per heavy atom. The molecule has 9 nitrogen and oxygen atoms in total. The quantitative estimate of drug-likeness (QED) is 0.511. The highest BCUT2D eigenvalue weighted by Crippen LogP contribution is 2.23. The first-order valence-electron chi connectivity index (χ1n) is 8.87. The molecule has 10 heteroatoms. The number of nitrogens with two attached hydrogens (primary N) is 1. The van der Waals surface area contributed by atoms with Crippen LogP contribution in [0.2, 0.25) is 0 Å². The van der Waals surface area contributed by atoms with Crippen molar-refractivity contribution in [2.75, 3.05) is 11.9 Å². The molecular formula is C21H16N6O3S. The molecule has 2 aromatic heterocycles. The van der Waals surface area contributed by atoms with Gasteiger partial charge in [0.2, 0.25) is 0 Å². The van der Waals surface area contributed by atoms with Gasteiger partial charge in [-0.25, -0.2) is 14.6 Å². The fraction of sp³-hybridized carbons (Fsp3) is 0.0952. The molecule has 2 heterocycles. The van der Waals surface area contributed by atoms with Crippen molar-refractivity contribution in [3.8, 4) is 29.7 Å². The molecule has 0 saturated heterocycles. The minimum atomic E-state index is -0.964. The van der Waals surface area contributed by atoms with Crippen LogP contribution in [0.1, 0.15) is 22.2 Å². The number of benzene rings is 1. The summed E-state index contributed by atoms with van der Waals surface area (Å²) in [6.45, 7) is -0.179. The van der Waals surface area contributed by atoms with E-state index in [1.54, 1.807) is 48.0 Å². The Balaban J connectivity index is 1.78. The molecule has 0 aliphatic carbocycles. The fourth-order valence-corrected chi connectivity index (χ4v) is 3.25. The summed E-state index contributed by atoms with van der Waals surface area (Å²) in [7, 11) is 0. The van der Waals surface area contributed by atoms with E-state index in [1.165, 1.54) is 11.3 Å². The maximum absolute atomic E-state index is 12.4. The number of primary amides is 1. The highest BCUT2D eigenvalue weighted by atomic mass is 32.1. The van der Waals surface area contributed by atoms with Crippen molar-refractivity contribution < 1.29 is 14.3 Å². The smallest absolute Gasteiger partial charge is 0.404 e. The van der Waals surface area contributed by atoms with Gasteiger partial charge < -0.3 is 15.8 Å². The summed E-state index contributed by atoms with van der Waals surface area (Å²) >= 11 is 1.22. The van der Waals surface area contributed by atoms with E-state index in [9.17, 15) is 14.9 Å². The van der Waals surface area contributed by atoms with Crippen molar-refractivity contribution in [3.63, 3.8) is 0 Å². The van der Waals surface area contributed by atoms with Gasteiger partial charge in [-0.15, -0.1) is 17.8 Å². The number of thiazole rings is 1. The Labute approximate surface area is 181 Å². The number of carbonyl (C=O) groups excluding carboxylic acids is 2. The lowest BCUT2D eigenvalue weighted by Crippen LogP contribution is -2.36. The minimum Gasteiger partial charge on any atom is -0.447 e. The molecule has 4 N–H and O–H groups in total. The average molecular weight is 432 g/mol. The lowest BCUT2D eigenvalue weighted by Gasteiger charge is -2.19. The van der Waals surface area contributed by atoms with Crippen molar-refractivity contribution in [2.24, 2.45) is 5.73 Å². The van der Waals surface area contributed by atoms with Gasteiger partial charge in [0.25, 0.3) is 0 Å². The van der Waals surface area contributed by atoms with Gasteiger partial charge in [-0.3, -0.25) is 10.3 Å². The summed E-state index contributed by atoms with van der Waals surface area (Å²) in [5.41, 5.74) is 7.43. The van der Waals surface area contributed by atoms with Crippen LogP contribution < -0.4 is 16.4 Å². The average Bonchev–Trinajstić information content (AvgIpc) is 3.24. The Kier molecular flexibility index (Phi) is 6.78. The fourth-order valence-electron chi connectivity index (χ4n) is 2.69. The van der Waals surface area contributed by atoms with Crippen molar-refractivity contribution >= 4 is 29.3 Å². The highest BCUT2D eigenvalue weighted by molar-refractivity contribution is 7.10. The van der Waals surface area contributed by atoms with Crippen molar-refractivity contribution in [3.05, 3.63) is 64.1 Å². The summed E-state index contributed by atoms with van der Waals surface area (Å²) in [5.74, 6) is 2.69. The van der Waals surface area contributed by atoms with Gasteiger partial charge >= 0.3 is 12.1 Å². The molecule has 154 valence electrons. The molecule has 0 radical (unpaired) electrons. The molecule has 3 amide bonds. The van der Waals surface area contributed by atoms with Crippen LogP contribution in [-0.4, -0.2) is 28.7 Å². The van der Waals surface area contributed by atoms with E-state index in [2.05, 4.69) is 32.6 Å². The highest BCUT2D eigenvalue weighted by Gasteiger charge is 2.18. The third-order valence-corrected chi connectivity index (χ3v) is 4.86. The van der Waals surface area contributed by atoms with E-state index in [-0.39, 0.29) is 6.61 Å². The molecule has 3 aromatic rings. The summed E-state index contributed by atoms with van der Waals surface area (Å²) in [6, 6.07) is 11.2. The van der Waals surface area contributed by atoms with Crippen LogP contribution >= 0.6 is 11.3 Å². The topological polar surface area (TPSA) is 143 Å². The first kappa shape index (κ1) is 21.3. The summed E-state index contributed by atoms with van der Waals surface area (Å²) in [4.78, 5) is 31.8. The molecule has 0 fully saturated rings. The van der Waals surface area contributed by atoms with Gasteiger partial charge in [-0.1, -0.05) is 24.3 Å². The number of amides is 3. The number of urea groups is 1. The monoisotopic (exact) mass is 432 g/mol. The molecule has 1 aromatic carbocycles. The number of pyridine rings is 1. The number of nitriles is 1. The Morgan fingerprint density at radius 1 is 1.29 bits per heavy atom. The van der Waals surface area contributed by atoms with Gasteiger partial charge in [0.1, 0.15) is 18.5 Å². The molecule has 0 spiro atoms. The largest absolute Gasteiger partial charge is 0.447 e. The summed E-state index contributed by atoms with van der Waals surface area (Å²) in [6.07, 6.45) is 5.92. The third kappa shape index (κ3) is 5.56. The van der Waals surface area contributed by atoms with E-state index in [0.29, 0.717) is 27.6 Å². The van der Waals surface area contributed by atoms with E-state index in [4.69, 9.17) is 16.9 Å². The second-order valence-corrected chi connectivity index (χ2v) is 6.95. The van der Waals surface area contributed by atoms with Gasteiger partial charge in [0.15, 0.2) is 5.01 Å². The van der Waals surface area contributed by atoms with Crippen LogP contribution in [0.3, 0.4) is 0 Å². The van der Waals surface area contributed by atoms with E-state index < -0.39 is 18.2 Å². The number of anilines is 1. The molecular weight excluding hydrogens is 416 g/mol. The Hall–Kier alpha value is -4.41. The number of carbonyl (C=O) groups is 2. The van der Waals surface area contributed by atoms with Gasteiger partial charge in [-0.05, 0) is 23.6 Å². The first-order chi connectivity index (χ1) is 15.0. The maximum Gasteiger partial charge on any atom is 0.404 e. The molecule has 1 atom stereocenters. The number of ether oxygens (including phenoxy) is 1. The van der Waals surface area contributed by atoms with Gasteiger partial charge in [0, 0.05) is 17.1 Å². The van der Waals surface area contributed by atoms with E-state index >= 15 is 0 Å². The molecule has 31 heavy (non-hydrogen) atoms. The second kappa shape index (κ2) is 9.87.